The van der Waals surface area contributed by atoms with Crippen LogP contribution in [0.1, 0.15) is 34.0 Å². The Hall–Kier alpha value is -2.39. The topological polar surface area (TPSA) is 34.9 Å². The lowest BCUT2D eigenvalue weighted by atomic mass is 9.82. The van der Waals surface area contributed by atoms with Crippen LogP contribution in [0, 0.1) is 0 Å². The number of carbonyl (C=O) groups is 1. The van der Waals surface area contributed by atoms with E-state index in [1.807, 2.05) is 59.3 Å². The Labute approximate surface area is 139 Å². The van der Waals surface area contributed by atoms with Crippen LogP contribution in [0.15, 0.2) is 60.8 Å². The van der Waals surface area contributed by atoms with Gasteiger partial charge in [-0.15, -0.1) is 0 Å². The van der Waals surface area contributed by atoms with Crippen LogP contribution in [0.3, 0.4) is 0 Å². The molecule has 1 aliphatic carbocycles. The highest BCUT2D eigenvalue weighted by molar-refractivity contribution is 6.30. The highest BCUT2D eigenvalue weighted by Crippen LogP contribution is 2.34. The van der Waals surface area contributed by atoms with Crippen LogP contribution < -0.4 is 0 Å². The number of hydrogen-bond donors (Lipinski definition) is 0. The third-order valence-electron chi connectivity index (χ3n) is 4.36. The summed E-state index contributed by atoms with van der Waals surface area (Å²) in [6.07, 6.45) is 2.99. The van der Waals surface area contributed by atoms with E-state index in [0.717, 1.165) is 28.9 Å². The highest BCUT2D eigenvalue weighted by Gasteiger charge is 2.30. The smallest absolute Gasteiger partial charge is 0.166 e. The average molecular weight is 323 g/mol. The van der Waals surface area contributed by atoms with Gasteiger partial charge in [0.2, 0.25) is 0 Å². The highest BCUT2D eigenvalue weighted by atomic mass is 35.5. The van der Waals surface area contributed by atoms with Crippen LogP contribution in [0.2, 0.25) is 5.02 Å². The molecule has 0 radical (unpaired) electrons. The first-order valence-corrected chi connectivity index (χ1v) is 8.01. The second-order valence-electron chi connectivity index (χ2n) is 5.84. The Morgan fingerprint density at radius 3 is 2.65 bits per heavy atom. The molecule has 1 atom stereocenters. The molecule has 0 saturated heterocycles. The van der Waals surface area contributed by atoms with Gasteiger partial charge in [-0.05, 0) is 42.2 Å². The maximum absolute atomic E-state index is 12.5. The predicted octanol–water partition coefficient (Wildman–Crippen LogP) is 4.44. The standard InChI is InChI=1S/C19H15ClN2O/c20-15-6-4-5-13(9-15)14-10-18-17(19(23)11-14)12-21-22(18)16-7-2-1-3-8-16/h1-9,12,14H,10-11H2/t14-/m0/s1. The molecule has 0 saturated carbocycles. The summed E-state index contributed by atoms with van der Waals surface area (Å²) in [7, 11) is 0. The fourth-order valence-electron chi connectivity index (χ4n) is 3.23. The van der Waals surface area contributed by atoms with Gasteiger partial charge in [0, 0.05) is 11.4 Å². The van der Waals surface area contributed by atoms with E-state index in [1.54, 1.807) is 6.20 Å². The molecule has 0 unspecified atom stereocenters. The van der Waals surface area contributed by atoms with Crippen LogP contribution in [0.4, 0.5) is 0 Å². The number of aromatic nitrogens is 2. The van der Waals surface area contributed by atoms with Gasteiger partial charge in [0.05, 0.1) is 23.1 Å². The molecule has 1 aliphatic rings. The minimum atomic E-state index is 0.146. The van der Waals surface area contributed by atoms with Crippen molar-refractivity contribution in [1.82, 2.24) is 9.78 Å². The number of carbonyl (C=O) groups excluding carboxylic acids is 1. The van der Waals surface area contributed by atoms with Gasteiger partial charge in [-0.25, -0.2) is 4.68 Å². The van der Waals surface area contributed by atoms with Crippen LogP contribution in [0.5, 0.6) is 0 Å². The Morgan fingerprint density at radius 2 is 1.87 bits per heavy atom. The number of fused-ring (bicyclic) bond motifs is 1. The normalized spacial score (nSPS) is 17.1. The van der Waals surface area contributed by atoms with Crippen molar-refractivity contribution >= 4 is 17.4 Å². The summed E-state index contributed by atoms with van der Waals surface area (Å²) in [5, 5.41) is 5.14. The molecule has 114 valence electrons. The molecule has 3 nitrogen and oxygen atoms in total. The number of Topliss-reactive ketones (excluding diaryl/α,β-unsaturated/α-hetero) is 1. The van der Waals surface area contributed by atoms with E-state index in [9.17, 15) is 4.79 Å². The first-order valence-electron chi connectivity index (χ1n) is 7.63. The fraction of sp³-hybridized carbons (Fsp3) is 0.158. The molecule has 0 amide bonds. The summed E-state index contributed by atoms with van der Waals surface area (Å²) in [6.45, 7) is 0. The second-order valence-corrected chi connectivity index (χ2v) is 6.27. The van der Waals surface area contributed by atoms with Crippen molar-refractivity contribution in [3.8, 4) is 5.69 Å². The number of para-hydroxylation sites is 1. The van der Waals surface area contributed by atoms with Crippen molar-refractivity contribution in [3.05, 3.63) is 82.6 Å². The van der Waals surface area contributed by atoms with Gasteiger partial charge in [0.15, 0.2) is 5.78 Å². The Balaban J connectivity index is 1.76. The third-order valence-corrected chi connectivity index (χ3v) is 4.60. The lowest BCUT2D eigenvalue weighted by Crippen LogP contribution is -2.20. The van der Waals surface area contributed by atoms with Crippen LogP contribution in [-0.4, -0.2) is 15.6 Å². The summed E-state index contributed by atoms with van der Waals surface area (Å²) in [5.41, 5.74) is 3.81. The number of ketones is 1. The van der Waals surface area contributed by atoms with E-state index in [0.29, 0.717) is 11.4 Å². The van der Waals surface area contributed by atoms with E-state index in [2.05, 4.69) is 5.10 Å². The molecule has 4 heteroatoms. The van der Waals surface area contributed by atoms with Crippen LogP contribution >= 0.6 is 11.6 Å². The zero-order valence-corrected chi connectivity index (χ0v) is 13.2. The Bertz CT molecular complexity index is 870. The number of benzene rings is 2. The molecule has 1 aromatic heterocycles. The van der Waals surface area contributed by atoms with Gasteiger partial charge in [-0.1, -0.05) is 41.9 Å². The zero-order chi connectivity index (χ0) is 15.8. The van der Waals surface area contributed by atoms with E-state index >= 15 is 0 Å². The second kappa shape index (κ2) is 5.67. The van der Waals surface area contributed by atoms with Gasteiger partial charge >= 0.3 is 0 Å². The van der Waals surface area contributed by atoms with Gasteiger partial charge in [0.25, 0.3) is 0 Å². The van der Waals surface area contributed by atoms with Crippen molar-refractivity contribution in [2.45, 2.75) is 18.8 Å². The number of halogens is 1. The molecule has 3 aromatic rings. The average Bonchev–Trinajstić information content (AvgIpc) is 3.00. The molecule has 23 heavy (non-hydrogen) atoms. The molecule has 2 aromatic carbocycles. The maximum atomic E-state index is 12.5. The molecular formula is C19H15ClN2O. The van der Waals surface area contributed by atoms with E-state index < -0.39 is 0 Å². The number of hydrogen-bond acceptors (Lipinski definition) is 2. The van der Waals surface area contributed by atoms with Crippen molar-refractivity contribution < 1.29 is 4.79 Å². The minimum absolute atomic E-state index is 0.146. The molecule has 0 fully saturated rings. The van der Waals surface area contributed by atoms with Gasteiger partial charge in [-0.3, -0.25) is 4.79 Å². The lowest BCUT2D eigenvalue weighted by Gasteiger charge is -2.23. The monoisotopic (exact) mass is 322 g/mol. The first-order chi connectivity index (χ1) is 11.2. The predicted molar refractivity (Wildman–Crippen MR) is 90.4 cm³/mol. The van der Waals surface area contributed by atoms with E-state index in [1.165, 1.54) is 0 Å². The lowest BCUT2D eigenvalue weighted by molar-refractivity contribution is 0.0964. The SMILES string of the molecule is O=C1C[C@@H](c2cccc(Cl)c2)Cc2c1cnn2-c1ccccc1. The molecule has 0 spiro atoms. The van der Waals surface area contributed by atoms with Crippen molar-refractivity contribution in [2.24, 2.45) is 0 Å². The van der Waals surface area contributed by atoms with E-state index in [4.69, 9.17) is 11.6 Å². The molecule has 0 bridgehead atoms. The molecule has 0 aliphatic heterocycles. The summed E-state index contributed by atoms with van der Waals surface area (Å²) < 4.78 is 1.88. The quantitative estimate of drug-likeness (QED) is 0.699. The fourth-order valence-corrected chi connectivity index (χ4v) is 3.43. The van der Waals surface area contributed by atoms with Crippen molar-refractivity contribution in [2.75, 3.05) is 0 Å². The van der Waals surface area contributed by atoms with E-state index in [-0.39, 0.29) is 11.7 Å². The van der Waals surface area contributed by atoms with Gasteiger partial charge in [0.1, 0.15) is 0 Å². The summed E-state index contributed by atoms with van der Waals surface area (Å²) in [5.74, 6) is 0.297. The Morgan fingerprint density at radius 1 is 1.04 bits per heavy atom. The Kier molecular flexibility index (Phi) is 3.50. The first kappa shape index (κ1) is 14.2. The van der Waals surface area contributed by atoms with Crippen LogP contribution in [-0.2, 0) is 6.42 Å². The number of nitrogens with zero attached hydrogens (tertiary/aromatic N) is 2. The zero-order valence-electron chi connectivity index (χ0n) is 12.4. The third kappa shape index (κ3) is 2.57. The van der Waals surface area contributed by atoms with Crippen molar-refractivity contribution in [3.63, 3.8) is 0 Å². The van der Waals surface area contributed by atoms with Gasteiger partial charge < -0.3 is 0 Å². The maximum Gasteiger partial charge on any atom is 0.166 e. The van der Waals surface area contributed by atoms with Crippen LogP contribution in [0.25, 0.3) is 5.69 Å². The summed E-state index contributed by atoms with van der Waals surface area (Å²) >= 11 is 6.10. The molecule has 1 heterocycles. The minimum Gasteiger partial charge on any atom is -0.294 e. The molecule has 0 N–H and O–H groups in total. The largest absolute Gasteiger partial charge is 0.294 e. The van der Waals surface area contributed by atoms with Gasteiger partial charge in [-0.2, -0.15) is 5.10 Å². The van der Waals surface area contributed by atoms with Crippen molar-refractivity contribution in [1.29, 1.82) is 0 Å². The molecular weight excluding hydrogens is 308 g/mol. The summed E-state index contributed by atoms with van der Waals surface area (Å²) in [4.78, 5) is 12.5. The molecule has 4 rings (SSSR count). The summed E-state index contributed by atoms with van der Waals surface area (Å²) in [6, 6.07) is 17.7. The number of rotatable bonds is 2.